The topological polar surface area (TPSA) is 134 Å². The first-order valence-corrected chi connectivity index (χ1v) is 14.0. The van der Waals surface area contributed by atoms with Gasteiger partial charge in [-0.2, -0.15) is 0 Å². The van der Waals surface area contributed by atoms with Gasteiger partial charge >= 0.3 is 0 Å². The van der Waals surface area contributed by atoms with Crippen LogP contribution in [-0.2, 0) is 0 Å². The van der Waals surface area contributed by atoms with Crippen molar-refractivity contribution in [2.45, 2.75) is 6.92 Å². The molecule has 200 valence electrons. The fourth-order valence-electron chi connectivity index (χ4n) is 3.73. The van der Waals surface area contributed by atoms with E-state index < -0.39 is 0 Å². The predicted molar refractivity (Wildman–Crippen MR) is 157 cm³/mol. The quantitative estimate of drug-likeness (QED) is 0.184. The number of carbonyl (C=O) groups excluding carboxylic acids is 1. The van der Waals surface area contributed by atoms with Crippen molar-refractivity contribution in [2.24, 2.45) is 0 Å². The van der Waals surface area contributed by atoms with Crippen molar-refractivity contribution < 1.29 is 19.0 Å². The van der Waals surface area contributed by atoms with E-state index in [2.05, 4.69) is 20.6 Å². The number of thiazole rings is 3. The third-order valence-electron chi connectivity index (χ3n) is 5.50. The van der Waals surface area contributed by atoms with Crippen molar-refractivity contribution in [2.75, 3.05) is 37.7 Å². The van der Waals surface area contributed by atoms with E-state index in [0.29, 0.717) is 44.6 Å². The Morgan fingerprint density at radius 2 is 1.74 bits per heavy atom. The summed E-state index contributed by atoms with van der Waals surface area (Å²) in [5, 5.41) is 9.87. The molecule has 0 fully saturated rings. The Labute approximate surface area is 236 Å². The van der Waals surface area contributed by atoms with Crippen molar-refractivity contribution in [1.29, 1.82) is 0 Å². The van der Waals surface area contributed by atoms with Crippen LogP contribution in [-0.4, -0.2) is 42.2 Å². The SMILES string of the molecule is COc1cc(Nc2nc(N)c(-c3nc(-c4cccc(NC(=O)c5ncc(C)s5)c4)cs3)s2)cc(OC)c1OC. The number of ether oxygens (including phenoxy) is 3. The lowest BCUT2D eigenvalue weighted by atomic mass is 10.1. The van der Waals surface area contributed by atoms with Gasteiger partial charge in [-0.25, -0.2) is 15.0 Å². The number of benzene rings is 2. The van der Waals surface area contributed by atoms with E-state index in [1.807, 2.05) is 36.6 Å². The lowest BCUT2D eigenvalue weighted by molar-refractivity contribution is 0.102. The van der Waals surface area contributed by atoms with Gasteiger partial charge in [-0.1, -0.05) is 23.5 Å². The van der Waals surface area contributed by atoms with Gasteiger partial charge in [0.1, 0.15) is 15.7 Å². The number of aromatic nitrogens is 3. The van der Waals surface area contributed by atoms with Gasteiger partial charge in [-0.05, 0) is 19.1 Å². The molecule has 0 aliphatic carbocycles. The molecule has 0 aliphatic heterocycles. The zero-order valence-corrected chi connectivity index (χ0v) is 23.8. The van der Waals surface area contributed by atoms with E-state index in [4.69, 9.17) is 24.9 Å². The minimum atomic E-state index is -0.242. The molecular weight excluding hydrogens is 557 g/mol. The Morgan fingerprint density at radius 1 is 0.974 bits per heavy atom. The molecule has 0 radical (unpaired) electrons. The molecule has 39 heavy (non-hydrogen) atoms. The van der Waals surface area contributed by atoms with Crippen LogP contribution < -0.4 is 30.6 Å². The van der Waals surface area contributed by atoms with E-state index in [1.165, 1.54) is 34.0 Å². The van der Waals surface area contributed by atoms with Crippen LogP contribution in [0.5, 0.6) is 17.2 Å². The predicted octanol–water partition coefficient (Wildman–Crippen LogP) is 6.30. The number of nitrogen functional groups attached to an aromatic ring is 1. The zero-order valence-electron chi connectivity index (χ0n) is 21.4. The standard InChI is InChI=1S/C26H24N6O4S3/c1-13-11-28-25(38-13)23(33)29-15-7-5-6-14(8-15)17-12-37-24(31-17)21-22(27)32-26(39-21)30-16-9-18(34-2)20(36-4)19(10-16)35-3/h5-12H,27H2,1-4H3,(H,29,33)(H,30,32). The molecule has 0 bridgehead atoms. The summed E-state index contributed by atoms with van der Waals surface area (Å²) in [5.74, 6) is 1.68. The first kappa shape index (κ1) is 26.4. The average Bonchev–Trinajstić information content (AvgIpc) is 3.68. The Bertz CT molecular complexity index is 1620. The van der Waals surface area contributed by atoms with E-state index in [0.717, 1.165) is 26.0 Å². The molecule has 3 aromatic heterocycles. The first-order chi connectivity index (χ1) is 18.9. The molecule has 5 rings (SSSR count). The van der Waals surface area contributed by atoms with Gasteiger partial charge in [0.25, 0.3) is 5.91 Å². The maximum Gasteiger partial charge on any atom is 0.284 e. The molecule has 13 heteroatoms. The summed E-state index contributed by atoms with van der Waals surface area (Å²) in [6.45, 7) is 1.91. The average molecular weight is 581 g/mol. The zero-order chi connectivity index (χ0) is 27.5. The summed E-state index contributed by atoms with van der Waals surface area (Å²) in [4.78, 5) is 27.7. The molecule has 0 aliphatic rings. The van der Waals surface area contributed by atoms with Gasteiger partial charge in [-0.15, -0.1) is 22.7 Å². The molecule has 1 amide bonds. The second-order valence-corrected chi connectivity index (χ2v) is 11.2. The van der Waals surface area contributed by atoms with Crippen LogP contribution >= 0.6 is 34.0 Å². The monoisotopic (exact) mass is 580 g/mol. The number of nitrogens with zero attached hydrogens (tertiary/aromatic N) is 3. The molecule has 3 heterocycles. The summed E-state index contributed by atoms with van der Waals surface area (Å²) < 4.78 is 16.3. The summed E-state index contributed by atoms with van der Waals surface area (Å²) >= 11 is 4.21. The lowest BCUT2D eigenvalue weighted by Crippen LogP contribution is -2.11. The molecular formula is C26H24N6O4S3. The second-order valence-electron chi connectivity index (χ2n) is 8.12. The maximum absolute atomic E-state index is 12.5. The highest BCUT2D eigenvalue weighted by Gasteiger charge is 2.18. The lowest BCUT2D eigenvalue weighted by Gasteiger charge is -2.14. The van der Waals surface area contributed by atoms with E-state index in [-0.39, 0.29) is 5.91 Å². The Hall–Kier alpha value is -4.20. The number of amides is 1. The van der Waals surface area contributed by atoms with Crippen LogP contribution in [0.25, 0.3) is 21.1 Å². The normalized spacial score (nSPS) is 10.8. The van der Waals surface area contributed by atoms with Crippen LogP contribution in [0, 0.1) is 6.92 Å². The van der Waals surface area contributed by atoms with E-state index >= 15 is 0 Å². The third-order valence-corrected chi connectivity index (χ3v) is 8.39. The fraction of sp³-hybridized carbons (Fsp3) is 0.154. The number of carbonyl (C=O) groups is 1. The van der Waals surface area contributed by atoms with Crippen LogP contribution in [0.3, 0.4) is 0 Å². The van der Waals surface area contributed by atoms with Crippen molar-refractivity contribution in [3.05, 3.63) is 57.9 Å². The molecule has 0 spiro atoms. The molecule has 0 saturated carbocycles. The minimum Gasteiger partial charge on any atom is -0.493 e. The van der Waals surface area contributed by atoms with Crippen molar-refractivity contribution in [3.8, 4) is 38.4 Å². The van der Waals surface area contributed by atoms with Crippen molar-refractivity contribution >= 4 is 62.2 Å². The van der Waals surface area contributed by atoms with Crippen LogP contribution in [0.4, 0.5) is 22.3 Å². The number of nitrogens with two attached hydrogens (primary N) is 1. The maximum atomic E-state index is 12.5. The molecule has 10 nitrogen and oxygen atoms in total. The van der Waals surface area contributed by atoms with Gasteiger partial charge in [0.2, 0.25) is 5.75 Å². The van der Waals surface area contributed by atoms with Gasteiger partial charge in [0.05, 0.1) is 27.0 Å². The molecule has 2 aromatic carbocycles. The number of nitrogens with one attached hydrogen (secondary N) is 2. The number of rotatable bonds is 9. The smallest absolute Gasteiger partial charge is 0.284 e. The summed E-state index contributed by atoms with van der Waals surface area (Å²) in [6.07, 6.45) is 1.68. The van der Waals surface area contributed by atoms with Gasteiger partial charge < -0.3 is 30.6 Å². The largest absolute Gasteiger partial charge is 0.493 e. The number of anilines is 4. The summed E-state index contributed by atoms with van der Waals surface area (Å²) in [7, 11) is 4.68. The Kier molecular flexibility index (Phi) is 7.63. The Morgan fingerprint density at radius 3 is 2.41 bits per heavy atom. The number of hydrogen-bond donors (Lipinski definition) is 3. The van der Waals surface area contributed by atoms with Crippen LogP contribution in [0.15, 0.2) is 48.0 Å². The van der Waals surface area contributed by atoms with E-state index in [9.17, 15) is 4.79 Å². The highest BCUT2D eigenvalue weighted by atomic mass is 32.1. The molecule has 0 saturated heterocycles. The minimum absolute atomic E-state index is 0.242. The van der Waals surface area contributed by atoms with Crippen molar-refractivity contribution in [3.63, 3.8) is 0 Å². The fourth-order valence-corrected chi connectivity index (χ4v) is 6.22. The summed E-state index contributed by atoms with van der Waals surface area (Å²) in [5.41, 5.74) is 9.27. The van der Waals surface area contributed by atoms with Gasteiger partial charge in [0.15, 0.2) is 21.6 Å². The van der Waals surface area contributed by atoms with Gasteiger partial charge in [0, 0.05) is 45.5 Å². The molecule has 5 aromatic rings. The molecule has 0 unspecified atom stereocenters. The molecule has 4 N–H and O–H groups in total. The highest BCUT2D eigenvalue weighted by Crippen LogP contribution is 2.43. The van der Waals surface area contributed by atoms with Gasteiger partial charge in [-0.3, -0.25) is 4.79 Å². The highest BCUT2D eigenvalue weighted by molar-refractivity contribution is 7.23. The number of aryl methyl sites for hydroxylation is 1. The summed E-state index contributed by atoms with van der Waals surface area (Å²) in [6, 6.07) is 11.1. The van der Waals surface area contributed by atoms with E-state index in [1.54, 1.807) is 39.7 Å². The third kappa shape index (κ3) is 5.65. The van der Waals surface area contributed by atoms with Crippen LogP contribution in [0.2, 0.25) is 0 Å². The second kappa shape index (κ2) is 11.3. The number of methoxy groups -OCH3 is 3. The first-order valence-electron chi connectivity index (χ1n) is 11.5. The number of hydrogen-bond acceptors (Lipinski definition) is 12. The van der Waals surface area contributed by atoms with Crippen LogP contribution in [0.1, 0.15) is 14.7 Å². The van der Waals surface area contributed by atoms with Crippen molar-refractivity contribution in [1.82, 2.24) is 15.0 Å². The molecule has 0 atom stereocenters. The Balaban J connectivity index is 1.35.